The van der Waals surface area contributed by atoms with Crippen LogP contribution in [0.15, 0.2) is 18.2 Å². The third-order valence-electron chi connectivity index (χ3n) is 2.01. The average Bonchev–Trinajstić information content (AvgIpc) is 2.23. The summed E-state index contributed by atoms with van der Waals surface area (Å²) < 4.78 is 24.3. The monoisotopic (exact) mass is 258 g/mol. The van der Waals surface area contributed by atoms with E-state index in [-0.39, 0.29) is 17.1 Å². The van der Waals surface area contributed by atoms with Gasteiger partial charge >= 0.3 is 0 Å². The SMILES string of the molecule is CCCS(=O)CC(=O)Nc1cc(F)ccc1N. The van der Waals surface area contributed by atoms with Gasteiger partial charge < -0.3 is 11.1 Å². The molecule has 6 heteroatoms. The first-order valence-corrected chi connectivity index (χ1v) is 6.71. The van der Waals surface area contributed by atoms with Crippen LogP contribution >= 0.6 is 0 Å². The molecule has 4 nitrogen and oxygen atoms in total. The molecule has 1 amide bonds. The van der Waals surface area contributed by atoms with Gasteiger partial charge in [-0.15, -0.1) is 0 Å². The fraction of sp³-hybridized carbons (Fsp3) is 0.364. The summed E-state index contributed by atoms with van der Waals surface area (Å²) in [5.74, 6) is -0.520. The lowest BCUT2D eigenvalue weighted by Crippen LogP contribution is -2.21. The van der Waals surface area contributed by atoms with Crippen LogP contribution in [0.2, 0.25) is 0 Å². The molecule has 0 aliphatic carbocycles. The highest BCUT2D eigenvalue weighted by Crippen LogP contribution is 2.18. The van der Waals surface area contributed by atoms with E-state index >= 15 is 0 Å². The van der Waals surface area contributed by atoms with E-state index in [1.54, 1.807) is 0 Å². The van der Waals surface area contributed by atoms with Crippen molar-refractivity contribution in [2.45, 2.75) is 13.3 Å². The average molecular weight is 258 g/mol. The van der Waals surface area contributed by atoms with Crippen molar-refractivity contribution in [1.29, 1.82) is 0 Å². The van der Waals surface area contributed by atoms with Gasteiger partial charge in [0.2, 0.25) is 5.91 Å². The zero-order valence-electron chi connectivity index (χ0n) is 9.53. The molecule has 94 valence electrons. The molecule has 0 spiro atoms. The maximum absolute atomic E-state index is 12.9. The van der Waals surface area contributed by atoms with Crippen LogP contribution in [-0.2, 0) is 15.6 Å². The van der Waals surface area contributed by atoms with Crippen LogP contribution in [0.1, 0.15) is 13.3 Å². The van der Waals surface area contributed by atoms with E-state index in [0.29, 0.717) is 5.75 Å². The van der Waals surface area contributed by atoms with E-state index in [2.05, 4.69) is 5.32 Å². The second-order valence-electron chi connectivity index (χ2n) is 3.57. The smallest absolute Gasteiger partial charge is 0.237 e. The lowest BCUT2D eigenvalue weighted by molar-refractivity contribution is -0.113. The predicted octanol–water partition coefficient (Wildman–Crippen LogP) is 1.51. The van der Waals surface area contributed by atoms with Gasteiger partial charge in [-0.05, 0) is 24.6 Å². The molecule has 1 aromatic carbocycles. The molecule has 0 aliphatic heterocycles. The Morgan fingerprint density at radius 2 is 2.24 bits per heavy atom. The summed E-state index contributed by atoms with van der Waals surface area (Å²) in [4.78, 5) is 11.5. The predicted molar refractivity (Wildman–Crippen MR) is 67.6 cm³/mol. The zero-order valence-corrected chi connectivity index (χ0v) is 10.3. The number of carbonyl (C=O) groups is 1. The highest BCUT2D eigenvalue weighted by molar-refractivity contribution is 7.85. The van der Waals surface area contributed by atoms with Crippen molar-refractivity contribution in [3.8, 4) is 0 Å². The molecule has 3 N–H and O–H groups in total. The second-order valence-corrected chi connectivity index (χ2v) is 5.14. The molecule has 0 saturated heterocycles. The maximum Gasteiger partial charge on any atom is 0.237 e. The molecule has 0 bridgehead atoms. The number of rotatable bonds is 5. The van der Waals surface area contributed by atoms with Crippen LogP contribution in [0, 0.1) is 5.82 Å². The molecule has 0 fully saturated rings. The zero-order chi connectivity index (χ0) is 12.8. The Morgan fingerprint density at radius 3 is 2.88 bits per heavy atom. The van der Waals surface area contributed by atoms with Gasteiger partial charge in [0.15, 0.2) is 0 Å². The van der Waals surface area contributed by atoms with Crippen LogP contribution in [0.25, 0.3) is 0 Å². The van der Waals surface area contributed by atoms with E-state index < -0.39 is 22.5 Å². The molecule has 0 aromatic heterocycles. The number of carbonyl (C=O) groups excluding carboxylic acids is 1. The van der Waals surface area contributed by atoms with Crippen molar-refractivity contribution < 1.29 is 13.4 Å². The molecule has 0 saturated carbocycles. The van der Waals surface area contributed by atoms with E-state index in [9.17, 15) is 13.4 Å². The molecule has 17 heavy (non-hydrogen) atoms. The van der Waals surface area contributed by atoms with Gasteiger partial charge in [0, 0.05) is 16.6 Å². The number of hydrogen-bond acceptors (Lipinski definition) is 3. The summed E-state index contributed by atoms with van der Waals surface area (Å²) in [7, 11) is -1.18. The Bertz CT molecular complexity index is 437. The fourth-order valence-corrected chi connectivity index (χ4v) is 2.23. The molecule has 1 rings (SSSR count). The minimum Gasteiger partial charge on any atom is -0.397 e. The molecule has 0 aliphatic rings. The highest BCUT2D eigenvalue weighted by atomic mass is 32.2. The topological polar surface area (TPSA) is 72.2 Å². The maximum atomic E-state index is 12.9. The number of benzene rings is 1. The first-order chi connectivity index (χ1) is 8.02. The molecule has 1 atom stereocenters. The van der Waals surface area contributed by atoms with E-state index in [4.69, 9.17) is 5.73 Å². The van der Waals surface area contributed by atoms with Crippen molar-refractivity contribution in [3.05, 3.63) is 24.0 Å². The number of nitrogens with one attached hydrogen (secondary N) is 1. The van der Waals surface area contributed by atoms with Crippen LogP contribution in [-0.4, -0.2) is 21.6 Å². The van der Waals surface area contributed by atoms with E-state index in [1.165, 1.54) is 12.1 Å². The van der Waals surface area contributed by atoms with Crippen molar-refractivity contribution in [2.24, 2.45) is 0 Å². The van der Waals surface area contributed by atoms with Crippen LogP contribution < -0.4 is 11.1 Å². The normalized spacial score (nSPS) is 12.1. The summed E-state index contributed by atoms with van der Waals surface area (Å²) in [5.41, 5.74) is 6.06. The van der Waals surface area contributed by atoms with Crippen LogP contribution in [0.3, 0.4) is 0 Å². The Hall–Kier alpha value is -1.43. The second kappa shape index (κ2) is 6.34. The number of halogens is 1. The lowest BCUT2D eigenvalue weighted by atomic mass is 10.2. The molecule has 0 heterocycles. The summed E-state index contributed by atoms with van der Waals surface area (Å²) >= 11 is 0. The van der Waals surface area contributed by atoms with Gasteiger partial charge in [-0.25, -0.2) is 4.39 Å². The minimum atomic E-state index is -1.18. The summed E-state index contributed by atoms with van der Waals surface area (Å²) in [6.45, 7) is 1.89. The van der Waals surface area contributed by atoms with Gasteiger partial charge in [0.05, 0.1) is 11.4 Å². The van der Waals surface area contributed by atoms with Gasteiger partial charge in [0.25, 0.3) is 0 Å². The number of anilines is 2. The minimum absolute atomic E-state index is 0.0935. The first kappa shape index (κ1) is 13.6. The number of hydrogen-bond donors (Lipinski definition) is 2. The van der Waals surface area contributed by atoms with Gasteiger partial charge in [0.1, 0.15) is 11.6 Å². The summed E-state index contributed by atoms with van der Waals surface area (Å²) in [6.07, 6.45) is 0.752. The largest absolute Gasteiger partial charge is 0.397 e. The van der Waals surface area contributed by atoms with Gasteiger partial charge in [-0.1, -0.05) is 6.92 Å². The molecular formula is C11H15FN2O2S. The quantitative estimate of drug-likeness (QED) is 0.786. The van der Waals surface area contributed by atoms with Crippen molar-refractivity contribution >= 4 is 28.1 Å². The van der Waals surface area contributed by atoms with Crippen molar-refractivity contribution in [3.63, 3.8) is 0 Å². The Balaban J connectivity index is 2.62. The molecule has 1 aromatic rings. The Labute approximate surface area is 102 Å². The van der Waals surface area contributed by atoms with Crippen molar-refractivity contribution in [1.82, 2.24) is 0 Å². The summed E-state index contributed by atoms with van der Waals surface area (Å²) in [6, 6.07) is 3.71. The highest BCUT2D eigenvalue weighted by Gasteiger charge is 2.09. The molecule has 1 unspecified atom stereocenters. The number of amides is 1. The fourth-order valence-electron chi connectivity index (χ4n) is 1.27. The van der Waals surface area contributed by atoms with Gasteiger partial charge in [-0.3, -0.25) is 9.00 Å². The van der Waals surface area contributed by atoms with Crippen molar-refractivity contribution in [2.75, 3.05) is 22.6 Å². The lowest BCUT2D eigenvalue weighted by Gasteiger charge is -2.07. The van der Waals surface area contributed by atoms with E-state index in [1.807, 2.05) is 6.92 Å². The Morgan fingerprint density at radius 1 is 1.53 bits per heavy atom. The molecule has 0 radical (unpaired) electrons. The van der Waals surface area contributed by atoms with E-state index in [0.717, 1.165) is 12.5 Å². The molecular weight excluding hydrogens is 243 g/mol. The van der Waals surface area contributed by atoms with Crippen LogP contribution in [0.4, 0.5) is 15.8 Å². The van der Waals surface area contributed by atoms with Crippen LogP contribution in [0.5, 0.6) is 0 Å². The third-order valence-corrected chi connectivity index (χ3v) is 3.46. The number of nitrogen functional groups attached to an aromatic ring is 1. The summed E-state index contributed by atoms with van der Waals surface area (Å²) in [5, 5.41) is 2.44. The number of nitrogens with two attached hydrogens (primary N) is 1. The standard InChI is InChI=1S/C11H15FN2O2S/c1-2-5-17(16)7-11(15)14-10-6-8(12)3-4-9(10)13/h3-4,6H,2,5,7,13H2,1H3,(H,14,15). The Kier molecular flexibility index (Phi) is 5.09. The third kappa shape index (κ3) is 4.52. The first-order valence-electron chi connectivity index (χ1n) is 5.22. The van der Waals surface area contributed by atoms with Gasteiger partial charge in [-0.2, -0.15) is 0 Å².